The lowest BCUT2D eigenvalue weighted by molar-refractivity contribution is -0.144. The van der Waals surface area contributed by atoms with Crippen LogP contribution in [0.4, 0.5) is 5.69 Å². The van der Waals surface area contributed by atoms with Gasteiger partial charge >= 0.3 is 0 Å². The van der Waals surface area contributed by atoms with E-state index in [0.717, 1.165) is 19.3 Å². The zero-order valence-electron chi connectivity index (χ0n) is 23.6. The molecule has 3 aliphatic rings. The summed E-state index contributed by atoms with van der Waals surface area (Å²) in [4.78, 5) is 48.3. The number of nitrogens with zero attached hydrogens (tertiary/aromatic N) is 3. The zero-order chi connectivity index (χ0) is 29.0. The van der Waals surface area contributed by atoms with Crippen LogP contribution in [0.1, 0.15) is 46.0 Å². The molecule has 6 atom stereocenters. The maximum atomic E-state index is 14.6. The van der Waals surface area contributed by atoms with E-state index >= 15 is 0 Å². The Morgan fingerprint density at radius 3 is 2.48 bits per heavy atom. The SMILES string of the molecule is C=CCN(CCC)C(=O)[C@@H]1[C@@H]2CC(C)C3(S2)C(C(=O)N(CC=C)c2ccc(Cl)cc2)N(CCCCCO)C(=O)[C@H]13. The van der Waals surface area contributed by atoms with Gasteiger partial charge in [0.05, 0.1) is 16.6 Å². The van der Waals surface area contributed by atoms with Crippen LogP contribution in [0.5, 0.6) is 0 Å². The van der Waals surface area contributed by atoms with Crippen molar-refractivity contribution in [3.05, 3.63) is 54.6 Å². The highest BCUT2D eigenvalue weighted by molar-refractivity contribution is 8.02. The normalized spacial score (nSPS) is 28.4. The maximum Gasteiger partial charge on any atom is 0.251 e. The number of anilines is 1. The quantitative estimate of drug-likeness (QED) is 0.250. The maximum absolute atomic E-state index is 14.6. The van der Waals surface area contributed by atoms with Crippen molar-refractivity contribution in [1.29, 1.82) is 0 Å². The Labute approximate surface area is 247 Å². The van der Waals surface area contributed by atoms with Crippen molar-refractivity contribution in [1.82, 2.24) is 9.80 Å². The van der Waals surface area contributed by atoms with E-state index < -0.39 is 22.6 Å². The van der Waals surface area contributed by atoms with Crippen molar-refractivity contribution in [2.75, 3.05) is 37.7 Å². The van der Waals surface area contributed by atoms with Crippen LogP contribution in [-0.2, 0) is 14.4 Å². The second-order valence-corrected chi connectivity index (χ2v) is 13.1. The predicted octanol–water partition coefficient (Wildman–Crippen LogP) is 4.78. The van der Waals surface area contributed by atoms with Crippen LogP contribution < -0.4 is 4.90 Å². The molecule has 40 heavy (non-hydrogen) atoms. The number of amides is 3. The third-order valence-corrected chi connectivity index (χ3v) is 11.0. The van der Waals surface area contributed by atoms with E-state index in [4.69, 9.17) is 11.6 Å². The first-order valence-electron chi connectivity index (χ1n) is 14.4. The molecule has 2 bridgehead atoms. The number of thioether (sulfide) groups is 1. The standard InChI is InChI=1S/C31H42ClN3O4S/c1-5-15-33(16-6-2)28(37)25-24-20-21(4)31(40-24)26(25)29(38)35(18-9-8-10-19-36)27(31)30(39)34(17-7-3)23-13-11-22(32)12-14-23/h5,7,11-14,21,24-27,36H,1,3,6,8-10,15-20H2,2,4H3/t21?,24-,25+,26-,27?,31?/m0/s1. The minimum atomic E-state index is -0.698. The topological polar surface area (TPSA) is 81.2 Å². The Morgan fingerprint density at radius 2 is 1.85 bits per heavy atom. The van der Waals surface area contributed by atoms with Gasteiger partial charge in [0.15, 0.2) is 0 Å². The molecular formula is C31H42ClN3O4S. The fourth-order valence-corrected chi connectivity index (χ4v) is 9.58. The van der Waals surface area contributed by atoms with Crippen LogP contribution in [0, 0.1) is 17.8 Å². The number of rotatable bonds is 14. The Kier molecular flexibility index (Phi) is 10.1. The van der Waals surface area contributed by atoms with Crippen molar-refractivity contribution in [3.8, 4) is 0 Å². The molecule has 1 N–H and O–H groups in total. The summed E-state index contributed by atoms with van der Waals surface area (Å²) in [6.45, 7) is 13.8. The van der Waals surface area contributed by atoms with Gasteiger partial charge in [-0.1, -0.05) is 37.6 Å². The van der Waals surface area contributed by atoms with Crippen LogP contribution in [-0.4, -0.2) is 81.5 Å². The van der Waals surface area contributed by atoms with E-state index in [2.05, 4.69) is 20.1 Å². The number of carbonyl (C=O) groups is 3. The van der Waals surface area contributed by atoms with E-state index in [1.165, 1.54) is 0 Å². The molecule has 9 heteroatoms. The van der Waals surface area contributed by atoms with Crippen molar-refractivity contribution in [2.24, 2.45) is 17.8 Å². The lowest BCUT2D eigenvalue weighted by Gasteiger charge is -2.41. The molecule has 3 amide bonds. The van der Waals surface area contributed by atoms with Crippen LogP contribution in [0.2, 0.25) is 5.02 Å². The van der Waals surface area contributed by atoms with Gasteiger partial charge in [-0.2, -0.15) is 0 Å². The van der Waals surface area contributed by atoms with Gasteiger partial charge in [0, 0.05) is 48.7 Å². The van der Waals surface area contributed by atoms with Gasteiger partial charge in [0.25, 0.3) is 5.91 Å². The number of halogens is 1. The molecular weight excluding hydrogens is 546 g/mol. The first kappa shape index (κ1) is 30.7. The van der Waals surface area contributed by atoms with Gasteiger partial charge in [-0.15, -0.1) is 24.9 Å². The van der Waals surface area contributed by atoms with Crippen molar-refractivity contribution in [2.45, 2.75) is 62.0 Å². The van der Waals surface area contributed by atoms with E-state index in [1.54, 1.807) is 45.8 Å². The average Bonchev–Trinajstić information content (AvgIpc) is 3.53. The van der Waals surface area contributed by atoms with Gasteiger partial charge < -0.3 is 19.8 Å². The summed E-state index contributed by atoms with van der Waals surface area (Å²) in [5.41, 5.74) is 0.694. The van der Waals surface area contributed by atoms with Gasteiger partial charge in [0.2, 0.25) is 11.8 Å². The minimum Gasteiger partial charge on any atom is -0.396 e. The summed E-state index contributed by atoms with van der Waals surface area (Å²) in [6, 6.07) is 6.44. The van der Waals surface area contributed by atoms with Crippen LogP contribution in [0.3, 0.4) is 0 Å². The van der Waals surface area contributed by atoms with E-state index in [9.17, 15) is 19.5 Å². The van der Waals surface area contributed by atoms with Gasteiger partial charge in [0.1, 0.15) is 6.04 Å². The lowest BCUT2D eigenvalue weighted by Crippen LogP contribution is -2.57. The average molecular weight is 588 g/mol. The van der Waals surface area contributed by atoms with Gasteiger partial charge in [-0.05, 0) is 62.3 Å². The molecule has 218 valence electrons. The molecule has 1 aromatic rings. The Morgan fingerprint density at radius 1 is 1.15 bits per heavy atom. The molecule has 3 heterocycles. The van der Waals surface area contributed by atoms with Gasteiger partial charge in [-0.25, -0.2) is 0 Å². The first-order chi connectivity index (χ1) is 19.3. The molecule has 7 nitrogen and oxygen atoms in total. The number of likely N-dealkylation sites (tertiary alicyclic amines) is 1. The third kappa shape index (κ3) is 5.35. The summed E-state index contributed by atoms with van der Waals surface area (Å²) in [5.74, 6) is -1.16. The summed E-state index contributed by atoms with van der Waals surface area (Å²) >= 11 is 7.84. The smallest absolute Gasteiger partial charge is 0.251 e. The van der Waals surface area contributed by atoms with Gasteiger partial charge in [-0.3, -0.25) is 14.4 Å². The number of aliphatic hydroxyl groups excluding tert-OH is 1. The summed E-state index contributed by atoms with van der Waals surface area (Å²) < 4.78 is -0.686. The van der Waals surface area contributed by atoms with E-state index in [1.807, 2.05) is 24.0 Å². The van der Waals surface area contributed by atoms with E-state index in [-0.39, 0.29) is 35.5 Å². The first-order valence-corrected chi connectivity index (χ1v) is 15.7. The zero-order valence-corrected chi connectivity index (χ0v) is 25.2. The van der Waals surface area contributed by atoms with Crippen LogP contribution in [0.25, 0.3) is 0 Å². The predicted molar refractivity (Wildman–Crippen MR) is 162 cm³/mol. The summed E-state index contributed by atoms with van der Waals surface area (Å²) in [7, 11) is 0. The highest BCUT2D eigenvalue weighted by atomic mass is 35.5. The number of benzene rings is 1. The molecule has 1 spiro atoms. The second-order valence-electron chi connectivity index (χ2n) is 11.2. The summed E-state index contributed by atoms with van der Waals surface area (Å²) in [6.07, 6.45) is 7.12. The van der Waals surface area contributed by atoms with Crippen molar-refractivity contribution < 1.29 is 19.5 Å². The Bertz CT molecular complexity index is 1110. The third-order valence-electron chi connectivity index (χ3n) is 8.69. The van der Waals surface area contributed by atoms with Crippen molar-refractivity contribution >= 4 is 46.8 Å². The highest BCUT2D eigenvalue weighted by Gasteiger charge is 2.76. The Hall–Kier alpha value is -2.29. The highest BCUT2D eigenvalue weighted by Crippen LogP contribution is 2.69. The second kappa shape index (κ2) is 13.1. The molecule has 0 radical (unpaired) electrons. The number of hydrogen-bond acceptors (Lipinski definition) is 5. The number of carbonyl (C=O) groups excluding carboxylic acids is 3. The number of unbranched alkanes of at least 4 members (excludes halogenated alkanes) is 2. The molecule has 3 fully saturated rings. The number of aliphatic hydroxyl groups is 1. The fraction of sp³-hybridized carbons (Fsp3) is 0.581. The largest absolute Gasteiger partial charge is 0.396 e. The number of hydrogen-bond donors (Lipinski definition) is 1. The lowest BCUT2D eigenvalue weighted by atomic mass is 9.65. The van der Waals surface area contributed by atoms with Crippen molar-refractivity contribution in [3.63, 3.8) is 0 Å². The fourth-order valence-electron chi connectivity index (χ4n) is 7.04. The molecule has 0 aromatic heterocycles. The number of fused-ring (bicyclic) bond motifs is 1. The van der Waals surface area contributed by atoms with E-state index in [0.29, 0.717) is 49.7 Å². The van der Waals surface area contributed by atoms with Crippen LogP contribution in [0.15, 0.2) is 49.6 Å². The molecule has 3 unspecified atom stereocenters. The van der Waals surface area contributed by atoms with Crippen LogP contribution >= 0.6 is 23.4 Å². The monoisotopic (exact) mass is 587 g/mol. The molecule has 3 aliphatic heterocycles. The summed E-state index contributed by atoms with van der Waals surface area (Å²) in [5, 5.41) is 9.87. The molecule has 0 saturated carbocycles. The Balaban J connectivity index is 1.77. The molecule has 4 rings (SSSR count). The molecule has 0 aliphatic carbocycles. The minimum absolute atomic E-state index is 0.000327. The molecule has 1 aromatic carbocycles. The molecule has 3 saturated heterocycles.